The molecular weight excluding hydrogens is 208 g/mol. The standard InChI is InChI=1S/C12H18O2S/c13-7-10-15-9-4-8-14-11-12-5-2-1-3-6-12/h1-3,5-6,13H,4,7-11H2. The van der Waals surface area contributed by atoms with Crippen LogP contribution in [-0.2, 0) is 11.3 Å². The van der Waals surface area contributed by atoms with Gasteiger partial charge in [0.15, 0.2) is 0 Å². The number of thioether (sulfide) groups is 1. The summed E-state index contributed by atoms with van der Waals surface area (Å²) in [7, 11) is 0. The van der Waals surface area contributed by atoms with Gasteiger partial charge >= 0.3 is 0 Å². The Bertz CT molecular complexity index is 239. The van der Waals surface area contributed by atoms with Crippen molar-refractivity contribution < 1.29 is 9.84 Å². The van der Waals surface area contributed by atoms with Crippen molar-refractivity contribution in [3.05, 3.63) is 35.9 Å². The summed E-state index contributed by atoms with van der Waals surface area (Å²) in [5.74, 6) is 1.90. The zero-order valence-electron chi connectivity index (χ0n) is 8.89. The van der Waals surface area contributed by atoms with Crippen LogP contribution < -0.4 is 0 Å². The predicted molar refractivity (Wildman–Crippen MR) is 65.1 cm³/mol. The molecule has 0 saturated carbocycles. The first-order valence-corrected chi connectivity index (χ1v) is 6.39. The fourth-order valence-electron chi connectivity index (χ4n) is 1.19. The molecule has 0 heterocycles. The average Bonchev–Trinajstić information content (AvgIpc) is 2.29. The van der Waals surface area contributed by atoms with Crippen LogP contribution in [0.2, 0.25) is 0 Å². The molecule has 0 aliphatic heterocycles. The second-order valence-corrected chi connectivity index (χ2v) is 4.45. The number of aliphatic hydroxyl groups is 1. The van der Waals surface area contributed by atoms with E-state index in [0.29, 0.717) is 6.61 Å². The van der Waals surface area contributed by atoms with Gasteiger partial charge in [0.1, 0.15) is 0 Å². The summed E-state index contributed by atoms with van der Waals surface area (Å²) in [5, 5.41) is 8.57. The van der Waals surface area contributed by atoms with Gasteiger partial charge < -0.3 is 9.84 Å². The first kappa shape index (κ1) is 12.6. The number of hydrogen-bond acceptors (Lipinski definition) is 3. The van der Waals surface area contributed by atoms with Crippen molar-refractivity contribution in [3.63, 3.8) is 0 Å². The summed E-state index contributed by atoms with van der Waals surface area (Å²) in [6.45, 7) is 1.77. The topological polar surface area (TPSA) is 29.5 Å². The lowest BCUT2D eigenvalue weighted by Gasteiger charge is -2.03. The van der Waals surface area contributed by atoms with E-state index in [1.165, 1.54) is 5.56 Å². The maximum Gasteiger partial charge on any atom is 0.0716 e. The van der Waals surface area contributed by atoms with Gasteiger partial charge in [-0.3, -0.25) is 0 Å². The molecule has 84 valence electrons. The number of benzene rings is 1. The molecule has 0 radical (unpaired) electrons. The molecule has 0 spiro atoms. The second-order valence-electron chi connectivity index (χ2n) is 3.23. The Labute approximate surface area is 95.7 Å². The Morgan fingerprint density at radius 2 is 1.93 bits per heavy atom. The maximum atomic E-state index is 8.57. The van der Waals surface area contributed by atoms with Gasteiger partial charge in [0.05, 0.1) is 13.2 Å². The molecule has 1 N–H and O–H groups in total. The second kappa shape index (κ2) is 8.77. The van der Waals surface area contributed by atoms with Crippen molar-refractivity contribution in [1.82, 2.24) is 0 Å². The minimum atomic E-state index is 0.273. The summed E-state index contributed by atoms with van der Waals surface area (Å²) in [6.07, 6.45) is 1.05. The molecule has 2 nitrogen and oxygen atoms in total. The van der Waals surface area contributed by atoms with Crippen LogP contribution in [0.25, 0.3) is 0 Å². The molecule has 15 heavy (non-hydrogen) atoms. The molecule has 0 bridgehead atoms. The quantitative estimate of drug-likeness (QED) is 0.690. The average molecular weight is 226 g/mol. The lowest BCUT2D eigenvalue weighted by Crippen LogP contribution is -1.97. The van der Waals surface area contributed by atoms with E-state index in [1.807, 2.05) is 18.2 Å². The third-order valence-corrected chi connectivity index (χ3v) is 2.97. The molecule has 1 aromatic carbocycles. The third-order valence-electron chi connectivity index (χ3n) is 1.92. The van der Waals surface area contributed by atoms with Crippen LogP contribution in [0.15, 0.2) is 30.3 Å². The summed E-state index contributed by atoms with van der Waals surface area (Å²) >= 11 is 1.77. The van der Waals surface area contributed by atoms with E-state index in [2.05, 4.69) is 12.1 Å². The van der Waals surface area contributed by atoms with Crippen molar-refractivity contribution in [2.24, 2.45) is 0 Å². The predicted octanol–water partition coefficient (Wildman–Crippen LogP) is 2.32. The van der Waals surface area contributed by atoms with E-state index < -0.39 is 0 Å². The molecule has 0 atom stereocenters. The summed E-state index contributed by atoms with van der Waals surface area (Å²) in [6, 6.07) is 10.2. The summed E-state index contributed by atoms with van der Waals surface area (Å²) in [5.41, 5.74) is 1.22. The van der Waals surface area contributed by atoms with Gasteiger partial charge in [-0.1, -0.05) is 30.3 Å². The van der Waals surface area contributed by atoms with Gasteiger partial charge in [-0.05, 0) is 17.7 Å². The molecule has 0 fully saturated rings. The molecule has 0 aliphatic rings. The van der Waals surface area contributed by atoms with Crippen molar-refractivity contribution in [3.8, 4) is 0 Å². The highest BCUT2D eigenvalue weighted by Crippen LogP contribution is 2.03. The molecule has 0 aromatic heterocycles. The first-order valence-electron chi connectivity index (χ1n) is 5.24. The van der Waals surface area contributed by atoms with E-state index in [1.54, 1.807) is 11.8 Å². The van der Waals surface area contributed by atoms with Crippen LogP contribution >= 0.6 is 11.8 Å². The number of aliphatic hydroxyl groups excluding tert-OH is 1. The highest BCUT2D eigenvalue weighted by molar-refractivity contribution is 7.99. The van der Waals surface area contributed by atoms with Gasteiger partial charge in [-0.2, -0.15) is 11.8 Å². The fourth-order valence-corrected chi connectivity index (χ4v) is 1.85. The highest BCUT2D eigenvalue weighted by Gasteiger charge is 1.92. The van der Waals surface area contributed by atoms with E-state index in [4.69, 9.17) is 9.84 Å². The van der Waals surface area contributed by atoms with Crippen molar-refractivity contribution in [2.75, 3.05) is 24.7 Å². The van der Waals surface area contributed by atoms with E-state index in [9.17, 15) is 0 Å². The molecule has 0 aliphatic carbocycles. The van der Waals surface area contributed by atoms with E-state index >= 15 is 0 Å². The number of rotatable bonds is 8. The minimum Gasteiger partial charge on any atom is -0.396 e. The zero-order chi connectivity index (χ0) is 10.8. The van der Waals surface area contributed by atoms with Crippen LogP contribution in [0.1, 0.15) is 12.0 Å². The summed E-state index contributed by atoms with van der Waals surface area (Å²) in [4.78, 5) is 0. The Hall–Kier alpha value is -0.510. The van der Waals surface area contributed by atoms with Gasteiger partial charge in [0, 0.05) is 12.4 Å². The zero-order valence-corrected chi connectivity index (χ0v) is 9.71. The molecule has 0 unspecified atom stereocenters. The largest absolute Gasteiger partial charge is 0.396 e. The maximum absolute atomic E-state index is 8.57. The third kappa shape index (κ3) is 6.55. The van der Waals surface area contributed by atoms with Crippen molar-refractivity contribution in [2.45, 2.75) is 13.0 Å². The summed E-state index contributed by atoms with van der Waals surface area (Å²) < 4.78 is 5.52. The van der Waals surface area contributed by atoms with Crippen LogP contribution in [0.3, 0.4) is 0 Å². The lowest BCUT2D eigenvalue weighted by atomic mass is 10.2. The van der Waals surface area contributed by atoms with Crippen LogP contribution in [-0.4, -0.2) is 29.8 Å². The molecule has 1 aromatic rings. The SMILES string of the molecule is OCCSCCCOCc1ccccc1. The fraction of sp³-hybridized carbons (Fsp3) is 0.500. The van der Waals surface area contributed by atoms with Crippen molar-refractivity contribution in [1.29, 1.82) is 0 Å². The van der Waals surface area contributed by atoms with Gasteiger partial charge in [0.2, 0.25) is 0 Å². The van der Waals surface area contributed by atoms with E-state index in [0.717, 1.165) is 24.5 Å². The molecule has 0 saturated heterocycles. The monoisotopic (exact) mass is 226 g/mol. The molecule has 1 rings (SSSR count). The minimum absolute atomic E-state index is 0.273. The Balaban J connectivity index is 1.93. The lowest BCUT2D eigenvalue weighted by molar-refractivity contribution is 0.122. The molecule has 3 heteroatoms. The van der Waals surface area contributed by atoms with E-state index in [-0.39, 0.29) is 6.61 Å². The van der Waals surface area contributed by atoms with Gasteiger partial charge in [-0.25, -0.2) is 0 Å². The smallest absolute Gasteiger partial charge is 0.0716 e. The highest BCUT2D eigenvalue weighted by atomic mass is 32.2. The van der Waals surface area contributed by atoms with Gasteiger partial charge in [0.25, 0.3) is 0 Å². The number of hydrogen-bond donors (Lipinski definition) is 1. The normalized spacial score (nSPS) is 10.5. The van der Waals surface area contributed by atoms with Crippen LogP contribution in [0.5, 0.6) is 0 Å². The Kier molecular flexibility index (Phi) is 7.34. The molecule has 0 amide bonds. The Morgan fingerprint density at radius 3 is 2.67 bits per heavy atom. The Morgan fingerprint density at radius 1 is 1.13 bits per heavy atom. The first-order chi connectivity index (χ1) is 7.43. The van der Waals surface area contributed by atoms with Gasteiger partial charge in [-0.15, -0.1) is 0 Å². The van der Waals surface area contributed by atoms with Crippen LogP contribution in [0.4, 0.5) is 0 Å². The number of ether oxygens (including phenoxy) is 1. The molecular formula is C12H18O2S. The van der Waals surface area contributed by atoms with Crippen LogP contribution in [0, 0.1) is 0 Å². The van der Waals surface area contributed by atoms with Crippen molar-refractivity contribution >= 4 is 11.8 Å².